The molecule has 100 valence electrons. The van der Waals surface area contributed by atoms with Gasteiger partial charge < -0.3 is 4.90 Å². The minimum Gasteiger partial charge on any atom is -0.340 e. The molecule has 0 aromatic heterocycles. The molecule has 1 aliphatic rings. The summed E-state index contributed by atoms with van der Waals surface area (Å²) in [5.41, 5.74) is 0.117. The maximum Gasteiger partial charge on any atom is 0.226 e. The quantitative estimate of drug-likeness (QED) is 0.706. The first-order valence-corrected chi connectivity index (χ1v) is 7.50. The van der Waals surface area contributed by atoms with Gasteiger partial charge in [0.2, 0.25) is 5.91 Å². The van der Waals surface area contributed by atoms with Crippen molar-refractivity contribution >= 4 is 29.1 Å². The highest BCUT2D eigenvalue weighted by atomic mass is 35.5. The summed E-state index contributed by atoms with van der Waals surface area (Å²) in [5.74, 6) is 1.35. The summed E-state index contributed by atoms with van der Waals surface area (Å²) in [5, 5.41) is 0. The predicted octanol–water partition coefficient (Wildman–Crippen LogP) is 3.51. The summed E-state index contributed by atoms with van der Waals surface area (Å²) in [6, 6.07) is 0. The van der Waals surface area contributed by atoms with E-state index in [-0.39, 0.29) is 17.2 Å². The highest BCUT2D eigenvalue weighted by Gasteiger charge is 2.38. The number of carbonyl (C=O) groups excluding carboxylic acids is 1. The Balaban J connectivity index is 2.70. The second-order valence-corrected chi connectivity index (χ2v) is 6.25. The van der Waals surface area contributed by atoms with Crippen molar-refractivity contribution in [1.82, 2.24) is 4.90 Å². The number of rotatable bonds is 5. The molecule has 1 amide bonds. The van der Waals surface area contributed by atoms with Crippen LogP contribution in [0.1, 0.15) is 39.5 Å². The average Bonchev–Trinajstić information content (AvgIpc) is 2.27. The maximum atomic E-state index is 12.5. The van der Waals surface area contributed by atoms with E-state index in [0.717, 1.165) is 19.3 Å². The van der Waals surface area contributed by atoms with Gasteiger partial charge in [0.15, 0.2) is 0 Å². The Labute approximate surface area is 115 Å². The molecule has 0 N–H and O–H groups in total. The molecule has 0 saturated heterocycles. The lowest BCUT2D eigenvalue weighted by Crippen LogP contribution is -2.45. The number of hydrogen-bond donors (Lipinski definition) is 0. The van der Waals surface area contributed by atoms with Crippen LogP contribution in [0.25, 0.3) is 0 Å². The Morgan fingerprint density at radius 2 is 1.82 bits per heavy atom. The molecule has 1 saturated carbocycles. The highest BCUT2D eigenvalue weighted by Crippen LogP contribution is 2.41. The van der Waals surface area contributed by atoms with Crippen molar-refractivity contribution in [2.24, 2.45) is 11.3 Å². The van der Waals surface area contributed by atoms with Gasteiger partial charge in [0, 0.05) is 30.8 Å². The zero-order valence-electron chi connectivity index (χ0n) is 10.8. The summed E-state index contributed by atoms with van der Waals surface area (Å²) in [4.78, 5) is 14.3. The summed E-state index contributed by atoms with van der Waals surface area (Å²) in [7, 11) is 0. The Morgan fingerprint density at radius 3 is 2.29 bits per heavy atom. The standard InChI is InChI=1S/C13H23Cl2NO/c1-13(2)6-4-3-5-11(13)12(17)16(9-7-14)10-8-15/h11H,3-10H2,1-2H3. The first-order valence-electron chi connectivity index (χ1n) is 6.43. The summed E-state index contributed by atoms with van der Waals surface area (Å²) >= 11 is 11.5. The summed E-state index contributed by atoms with van der Waals surface area (Å²) in [6.45, 7) is 5.63. The third kappa shape index (κ3) is 4.03. The monoisotopic (exact) mass is 279 g/mol. The van der Waals surface area contributed by atoms with E-state index in [1.165, 1.54) is 6.42 Å². The van der Waals surface area contributed by atoms with Crippen molar-refractivity contribution in [1.29, 1.82) is 0 Å². The number of hydrogen-bond acceptors (Lipinski definition) is 1. The lowest BCUT2D eigenvalue weighted by atomic mass is 9.68. The van der Waals surface area contributed by atoms with E-state index < -0.39 is 0 Å². The van der Waals surface area contributed by atoms with E-state index >= 15 is 0 Å². The second-order valence-electron chi connectivity index (χ2n) is 5.49. The Kier molecular flexibility index (Phi) is 6.08. The summed E-state index contributed by atoms with van der Waals surface area (Å²) < 4.78 is 0. The Morgan fingerprint density at radius 1 is 1.24 bits per heavy atom. The van der Waals surface area contributed by atoms with Crippen molar-refractivity contribution in [3.8, 4) is 0 Å². The van der Waals surface area contributed by atoms with Gasteiger partial charge in [-0.05, 0) is 18.3 Å². The van der Waals surface area contributed by atoms with Crippen molar-refractivity contribution in [3.05, 3.63) is 0 Å². The van der Waals surface area contributed by atoms with Gasteiger partial charge in [0.1, 0.15) is 0 Å². The Bertz CT molecular complexity index is 250. The molecule has 1 atom stereocenters. The van der Waals surface area contributed by atoms with E-state index in [4.69, 9.17) is 23.2 Å². The third-order valence-corrected chi connectivity index (χ3v) is 4.16. The number of alkyl halides is 2. The predicted molar refractivity (Wildman–Crippen MR) is 73.8 cm³/mol. The first kappa shape index (κ1) is 15.1. The number of carbonyl (C=O) groups is 1. The lowest BCUT2D eigenvalue weighted by Gasteiger charge is -2.40. The fourth-order valence-electron chi connectivity index (χ4n) is 2.71. The molecule has 4 heteroatoms. The maximum absolute atomic E-state index is 12.5. The molecule has 0 radical (unpaired) electrons. The molecule has 2 nitrogen and oxygen atoms in total. The van der Waals surface area contributed by atoms with Gasteiger partial charge in [-0.2, -0.15) is 0 Å². The molecule has 17 heavy (non-hydrogen) atoms. The van der Waals surface area contributed by atoms with Crippen LogP contribution in [0.3, 0.4) is 0 Å². The molecule has 0 spiro atoms. The van der Waals surface area contributed by atoms with Gasteiger partial charge in [0.25, 0.3) is 0 Å². The fourth-order valence-corrected chi connectivity index (χ4v) is 3.12. The molecular formula is C13H23Cl2NO. The van der Waals surface area contributed by atoms with Crippen LogP contribution in [-0.2, 0) is 4.79 Å². The lowest BCUT2D eigenvalue weighted by molar-refractivity contribution is -0.140. The van der Waals surface area contributed by atoms with Crippen LogP contribution in [0, 0.1) is 11.3 Å². The van der Waals surface area contributed by atoms with Crippen LogP contribution in [0.15, 0.2) is 0 Å². The second kappa shape index (κ2) is 6.84. The van der Waals surface area contributed by atoms with Crippen molar-refractivity contribution in [2.75, 3.05) is 24.8 Å². The van der Waals surface area contributed by atoms with Crippen LogP contribution in [0.2, 0.25) is 0 Å². The molecule has 0 aromatic carbocycles. The van der Waals surface area contributed by atoms with E-state index in [1.54, 1.807) is 0 Å². The number of nitrogens with zero attached hydrogens (tertiary/aromatic N) is 1. The molecule has 0 aliphatic heterocycles. The van der Waals surface area contributed by atoms with E-state index in [1.807, 2.05) is 4.90 Å². The molecule has 0 aromatic rings. The summed E-state index contributed by atoms with van der Waals surface area (Å²) in [6.07, 6.45) is 4.54. The number of halogens is 2. The van der Waals surface area contributed by atoms with Gasteiger partial charge in [-0.1, -0.05) is 26.7 Å². The van der Waals surface area contributed by atoms with Gasteiger partial charge >= 0.3 is 0 Å². The SMILES string of the molecule is CC1(C)CCCCC1C(=O)N(CCCl)CCCl. The fraction of sp³-hybridized carbons (Fsp3) is 0.923. The average molecular weight is 280 g/mol. The molecule has 1 aliphatic carbocycles. The van der Waals surface area contributed by atoms with Crippen LogP contribution >= 0.6 is 23.2 Å². The molecule has 0 bridgehead atoms. The molecular weight excluding hydrogens is 257 g/mol. The van der Waals surface area contributed by atoms with Gasteiger partial charge in [-0.15, -0.1) is 23.2 Å². The molecule has 1 fully saturated rings. The van der Waals surface area contributed by atoms with E-state index in [2.05, 4.69) is 13.8 Å². The van der Waals surface area contributed by atoms with Gasteiger partial charge in [-0.25, -0.2) is 0 Å². The largest absolute Gasteiger partial charge is 0.340 e. The molecule has 1 unspecified atom stereocenters. The van der Waals surface area contributed by atoms with E-state index in [0.29, 0.717) is 24.8 Å². The smallest absolute Gasteiger partial charge is 0.226 e. The topological polar surface area (TPSA) is 20.3 Å². The number of amides is 1. The first-order chi connectivity index (χ1) is 8.03. The van der Waals surface area contributed by atoms with Crippen molar-refractivity contribution in [3.63, 3.8) is 0 Å². The van der Waals surface area contributed by atoms with Gasteiger partial charge in [-0.3, -0.25) is 4.79 Å². The zero-order chi connectivity index (χ0) is 12.9. The molecule has 0 heterocycles. The third-order valence-electron chi connectivity index (χ3n) is 3.83. The normalized spacial score (nSPS) is 23.4. The minimum atomic E-state index is 0.117. The van der Waals surface area contributed by atoms with Crippen LogP contribution in [0.4, 0.5) is 0 Å². The van der Waals surface area contributed by atoms with Crippen LogP contribution in [0.5, 0.6) is 0 Å². The van der Waals surface area contributed by atoms with Crippen LogP contribution in [-0.4, -0.2) is 35.7 Å². The minimum absolute atomic E-state index is 0.117. The van der Waals surface area contributed by atoms with Crippen molar-refractivity contribution in [2.45, 2.75) is 39.5 Å². The van der Waals surface area contributed by atoms with Gasteiger partial charge in [0.05, 0.1) is 0 Å². The highest BCUT2D eigenvalue weighted by molar-refractivity contribution is 6.18. The van der Waals surface area contributed by atoms with Crippen LogP contribution < -0.4 is 0 Å². The Hall–Kier alpha value is 0.0500. The van der Waals surface area contributed by atoms with Crippen molar-refractivity contribution < 1.29 is 4.79 Å². The molecule has 1 rings (SSSR count). The zero-order valence-corrected chi connectivity index (χ0v) is 12.4. The van der Waals surface area contributed by atoms with E-state index in [9.17, 15) is 4.79 Å².